The van der Waals surface area contributed by atoms with Crippen LogP contribution in [0, 0.1) is 5.82 Å². The predicted octanol–water partition coefficient (Wildman–Crippen LogP) is 4.74. The smallest absolute Gasteiger partial charge is 0.240 e. The van der Waals surface area contributed by atoms with E-state index in [2.05, 4.69) is 5.32 Å². The van der Waals surface area contributed by atoms with Crippen molar-refractivity contribution in [2.24, 2.45) is 0 Å². The van der Waals surface area contributed by atoms with Gasteiger partial charge in [-0.3, -0.25) is 9.59 Å². The maximum atomic E-state index is 13.4. The number of methoxy groups -OCH3 is 3. The number of benzene rings is 3. The van der Waals surface area contributed by atoms with Gasteiger partial charge in [0.2, 0.25) is 17.6 Å². The zero-order valence-corrected chi connectivity index (χ0v) is 21.1. The summed E-state index contributed by atoms with van der Waals surface area (Å²) in [6, 6.07) is 17.1. The Labute approximate surface area is 213 Å². The van der Waals surface area contributed by atoms with Crippen molar-refractivity contribution in [3.63, 3.8) is 0 Å². The highest BCUT2D eigenvalue weighted by atomic mass is 32.2. The van der Waals surface area contributed by atoms with Gasteiger partial charge in [0.1, 0.15) is 12.4 Å². The molecule has 2 amide bonds. The fourth-order valence-corrected chi connectivity index (χ4v) is 5.29. The number of para-hydroxylation sites is 1. The number of anilines is 1. The number of carbonyl (C=O) groups excluding carboxylic acids is 2. The van der Waals surface area contributed by atoms with Gasteiger partial charge in [0.15, 0.2) is 11.5 Å². The lowest BCUT2D eigenvalue weighted by atomic mass is 10.1. The van der Waals surface area contributed by atoms with Crippen LogP contribution in [-0.4, -0.2) is 39.7 Å². The first kappa shape index (κ1) is 25.4. The first-order valence-corrected chi connectivity index (χ1v) is 12.2. The van der Waals surface area contributed by atoms with Gasteiger partial charge in [-0.25, -0.2) is 4.39 Å². The fraction of sp³-hybridized carbons (Fsp3) is 0.259. The van der Waals surface area contributed by atoms with E-state index in [9.17, 15) is 14.0 Å². The van der Waals surface area contributed by atoms with Crippen LogP contribution in [0.3, 0.4) is 0 Å². The number of ether oxygens (including phenoxy) is 3. The van der Waals surface area contributed by atoms with Gasteiger partial charge < -0.3 is 24.4 Å². The molecular formula is C27H27FN2O5S. The SMILES string of the molecule is COc1cc([C@H]2CC(=O)N(CC(=O)NCc3ccc(F)cc3)c3ccccc3S2)cc(OC)c1OC. The molecule has 4 rings (SSSR count). The lowest BCUT2D eigenvalue weighted by Crippen LogP contribution is -2.40. The molecule has 0 bridgehead atoms. The molecule has 188 valence electrons. The normalized spacial score (nSPS) is 15.1. The minimum atomic E-state index is -0.337. The van der Waals surface area contributed by atoms with Crippen LogP contribution in [-0.2, 0) is 16.1 Å². The van der Waals surface area contributed by atoms with E-state index in [-0.39, 0.29) is 42.4 Å². The summed E-state index contributed by atoms with van der Waals surface area (Å²) in [6.45, 7) is 0.116. The van der Waals surface area contributed by atoms with Crippen molar-refractivity contribution in [1.29, 1.82) is 0 Å². The van der Waals surface area contributed by atoms with Crippen molar-refractivity contribution in [2.75, 3.05) is 32.8 Å². The number of carbonyl (C=O) groups is 2. The average molecular weight is 511 g/mol. The van der Waals surface area contributed by atoms with Crippen molar-refractivity contribution in [1.82, 2.24) is 5.32 Å². The van der Waals surface area contributed by atoms with E-state index in [4.69, 9.17) is 14.2 Å². The molecular weight excluding hydrogens is 483 g/mol. The monoisotopic (exact) mass is 510 g/mol. The van der Waals surface area contributed by atoms with E-state index in [0.29, 0.717) is 22.9 Å². The highest BCUT2D eigenvalue weighted by molar-refractivity contribution is 7.99. The largest absolute Gasteiger partial charge is 0.493 e. The molecule has 1 aliphatic heterocycles. The van der Waals surface area contributed by atoms with Crippen LogP contribution in [0.1, 0.15) is 22.8 Å². The van der Waals surface area contributed by atoms with Crippen molar-refractivity contribution < 1.29 is 28.2 Å². The summed E-state index contributed by atoms with van der Waals surface area (Å²) in [5.41, 5.74) is 2.30. The predicted molar refractivity (Wildman–Crippen MR) is 136 cm³/mol. The van der Waals surface area contributed by atoms with Gasteiger partial charge in [0, 0.05) is 23.1 Å². The Hall–Kier alpha value is -3.72. The topological polar surface area (TPSA) is 77.1 Å². The van der Waals surface area contributed by atoms with Crippen molar-refractivity contribution >= 4 is 29.3 Å². The summed E-state index contributed by atoms with van der Waals surface area (Å²) >= 11 is 1.55. The standard InChI is InChI=1S/C27H27FN2O5S/c1-33-21-12-18(13-22(34-2)27(21)35-3)24-14-26(32)30(20-6-4-5-7-23(20)36-24)16-25(31)29-15-17-8-10-19(28)11-9-17/h4-13,24H,14-16H2,1-3H3,(H,29,31)/t24-/m1/s1. The van der Waals surface area contributed by atoms with Crippen molar-refractivity contribution in [3.8, 4) is 17.2 Å². The summed E-state index contributed by atoms with van der Waals surface area (Å²) in [6.07, 6.45) is 0.170. The zero-order chi connectivity index (χ0) is 25.7. The molecule has 0 spiro atoms. The van der Waals surface area contributed by atoms with Crippen molar-refractivity contribution in [2.45, 2.75) is 23.1 Å². The molecule has 0 saturated heterocycles. The highest BCUT2D eigenvalue weighted by Crippen LogP contribution is 2.48. The number of halogens is 1. The van der Waals surface area contributed by atoms with Gasteiger partial charge in [0.25, 0.3) is 0 Å². The Morgan fingerprint density at radius 1 is 1.03 bits per heavy atom. The molecule has 0 fully saturated rings. The Balaban J connectivity index is 1.57. The first-order valence-electron chi connectivity index (χ1n) is 11.3. The minimum Gasteiger partial charge on any atom is -0.493 e. The van der Waals surface area contributed by atoms with E-state index in [1.54, 1.807) is 45.2 Å². The number of nitrogens with one attached hydrogen (secondary N) is 1. The Morgan fingerprint density at radius 2 is 1.69 bits per heavy atom. The molecule has 1 heterocycles. The number of fused-ring (bicyclic) bond motifs is 1. The molecule has 0 saturated carbocycles. The van der Waals surface area contributed by atoms with Crippen LogP contribution in [0.15, 0.2) is 65.6 Å². The summed E-state index contributed by atoms with van der Waals surface area (Å²) < 4.78 is 29.6. The molecule has 0 aromatic heterocycles. The van der Waals surface area contributed by atoms with Gasteiger partial charge in [0.05, 0.1) is 27.0 Å². The second kappa shape index (κ2) is 11.3. The molecule has 0 aliphatic carbocycles. The number of hydrogen-bond donors (Lipinski definition) is 1. The van der Waals surface area contributed by atoms with Gasteiger partial charge in [-0.05, 0) is 47.5 Å². The van der Waals surface area contributed by atoms with Crippen LogP contribution in [0.5, 0.6) is 17.2 Å². The minimum absolute atomic E-state index is 0.125. The fourth-order valence-electron chi connectivity index (χ4n) is 4.03. The Bertz CT molecular complexity index is 1230. The van der Waals surface area contributed by atoms with Gasteiger partial charge >= 0.3 is 0 Å². The molecule has 36 heavy (non-hydrogen) atoms. The van der Waals surface area contributed by atoms with Crippen LogP contribution < -0.4 is 24.4 Å². The Morgan fingerprint density at radius 3 is 2.33 bits per heavy atom. The third-order valence-electron chi connectivity index (χ3n) is 5.85. The van der Waals surface area contributed by atoms with E-state index >= 15 is 0 Å². The molecule has 0 unspecified atom stereocenters. The summed E-state index contributed by atoms with van der Waals surface area (Å²) in [5, 5.41) is 2.58. The second-order valence-electron chi connectivity index (χ2n) is 8.12. The number of nitrogens with zero attached hydrogens (tertiary/aromatic N) is 1. The zero-order valence-electron chi connectivity index (χ0n) is 20.2. The molecule has 7 nitrogen and oxygen atoms in total. The molecule has 9 heteroatoms. The summed E-state index contributed by atoms with van der Waals surface area (Å²) in [5.74, 6) is 0.676. The van der Waals surface area contributed by atoms with E-state index < -0.39 is 0 Å². The van der Waals surface area contributed by atoms with Gasteiger partial charge in [-0.1, -0.05) is 24.3 Å². The first-order chi connectivity index (χ1) is 17.4. The highest BCUT2D eigenvalue weighted by Gasteiger charge is 2.31. The van der Waals surface area contributed by atoms with E-state index in [1.165, 1.54) is 17.0 Å². The number of amides is 2. The quantitative estimate of drug-likeness (QED) is 0.472. The van der Waals surface area contributed by atoms with Crippen LogP contribution in [0.2, 0.25) is 0 Å². The third-order valence-corrected chi connectivity index (χ3v) is 7.17. The second-order valence-corrected chi connectivity index (χ2v) is 9.36. The molecule has 3 aromatic rings. The summed E-state index contributed by atoms with van der Waals surface area (Å²) in [4.78, 5) is 28.6. The number of rotatable bonds is 8. The molecule has 1 aliphatic rings. The van der Waals surface area contributed by atoms with E-state index in [1.807, 2.05) is 36.4 Å². The lowest BCUT2D eigenvalue weighted by Gasteiger charge is -2.22. The van der Waals surface area contributed by atoms with Crippen LogP contribution in [0.4, 0.5) is 10.1 Å². The van der Waals surface area contributed by atoms with Gasteiger partial charge in [-0.2, -0.15) is 0 Å². The van der Waals surface area contributed by atoms with Crippen LogP contribution in [0.25, 0.3) is 0 Å². The molecule has 3 aromatic carbocycles. The molecule has 0 radical (unpaired) electrons. The molecule has 1 atom stereocenters. The maximum absolute atomic E-state index is 13.4. The molecule has 1 N–H and O–H groups in total. The van der Waals surface area contributed by atoms with Gasteiger partial charge in [-0.15, -0.1) is 11.8 Å². The maximum Gasteiger partial charge on any atom is 0.240 e. The van der Waals surface area contributed by atoms with Crippen molar-refractivity contribution in [3.05, 3.63) is 77.6 Å². The number of hydrogen-bond acceptors (Lipinski definition) is 6. The summed E-state index contributed by atoms with van der Waals surface area (Å²) in [7, 11) is 4.64. The average Bonchev–Trinajstić information content (AvgIpc) is 3.03. The van der Waals surface area contributed by atoms with E-state index in [0.717, 1.165) is 16.0 Å². The third kappa shape index (κ3) is 5.57. The Kier molecular flexibility index (Phi) is 8.00. The number of thioether (sulfide) groups is 1. The van der Waals surface area contributed by atoms with Crippen LogP contribution >= 0.6 is 11.8 Å². The lowest BCUT2D eigenvalue weighted by molar-refractivity contribution is -0.124.